The molecule has 0 bridgehead atoms. The standard InChI is InChI=1S/C17H12O4S/c18-16-14(11-22(20,21)13-9-5-2-6-10-13)15(17(16)19)12-7-3-1-4-8-12/h1-10H,11H2. The fourth-order valence-electron chi connectivity index (χ4n) is 2.39. The zero-order valence-electron chi connectivity index (χ0n) is 11.5. The van der Waals surface area contributed by atoms with Gasteiger partial charge < -0.3 is 0 Å². The first-order chi connectivity index (χ1) is 10.5. The lowest BCUT2D eigenvalue weighted by Crippen LogP contribution is -2.38. The Morgan fingerprint density at radius 3 is 1.86 bits per heavy atom. The number of hydrogen-bond donors (Lipinski definition) is 0. The molecule has 110 valence electrons. The van der Waals surface area contributed by atoms with Crippen LogP contribution in [0, 0.1) is 0 Å². The quantitative estimate of drug-likeness (QED) is 0.690. The van der Waals surface area contributed by atoms with Crippen molar-refractivity contribution in [3.05, 3.63) is 86.7 Å². The Labute approximate surface area is 127 Å². The van der Waals surface area contributed by atoms with Crippen LogP contribution in [0.4, 0.5) is 0 Å². The van der Waals surface area contributed by atoms with E-state index in [-0.39, 0.29) is 16.0 Å². The van der Waals surface area contributed by atoms with Crippen molar-refractivity contribution < 1.29 is 8.42 Å². The van der Waals surface area contributed by atoms with Crippen LogP contribution in [-0.4, -0.2) is 8.42 Å². The number of hydrogen-bond acceptors (Lipinski definition) is 4. The average Bonchev–Trinajstić information content (AvgIpc) is 2.55. The van der Waals surface area contributed by atoms with Crippen LogP contribution in [0.25, 0.3) is 11.1 Å². The predicted octanol–water partition coefficient (Wildman–Crippen LogP) is 1.92. The van der Waals surface area contributed by atoms with Crippen LogP contribution in [0.1, 0.15) is 5.56 Å². The second kappa shape index (κ2) is 5.35. The van der Waals surface area contributed by atoms with E-state index in [1.165, 1.54) is 12.1 Å². The second-order valence-electron chi connectivity index (χ2n) is 4.95. The van der Waals surface area contributed by atoms with Crippen molar-refractivity contribution in [3.8, 4) is 11.1 Å². The largest absolute Gasteiger partial charge is 0.285 e. The monoisotopic (exact) mass is 312 g/mol. The maximum atomic E-state index is 12.4. The molecule has 0 atom stereocenters. The van der Waals surface area contributed by atoms with Crippen molar-refractivity contribution in [3.63, 3.8) is 0 Å². The molecule has 3 aromatic rings. The van der Waals surface area contributed by atoms with Gasteiger partial charge in [-0.15, -0.1) is 0 Å². The molecule has 0 spiro atoms. The molecule has 22 heavy (non-hydrogen) atoms. The second-order valence-corrected chi connectivity index (χ2v) is 6.94. The molecule has 4 nitrogen and oxygen atoms in total. The van der Waals surface area contributed by atoms with Gasteiger partial charge in [-0.25, -0.2) is 8.42 Å². The van der Waals surface area contributed by atoms with Gasteiger partial charge in [-0.1, -0.05) is 48.5 Å². The number of benzene rings is 2. The molecular formula is C17H12O4S. The highest BCUT2D eigenvalue weighted by Crippen LogP contribution is 2.23. The van der Waals surface area contributed by atoms with Gasteiger partial charge in [-0.05, 0) is 17.7 Å². The maximum absolute atomic E-state index is 12.4. The van der Waals surface area contributed by atoms with E-state index in [9.17, 15) is 18.0 Å². The topological polar surface area (TPSA) is 68.3 Å². The Bertz CT molecular complexity index is 980. The van der Waals surface area contributed by atoms with E-state index in [1.807, 2.05) is 0 Å². The molecule has 5 heteroatoms. The average molecular weight is 312 g/mol. The molecule has 0 heterocycles. The Kier molecular flexibility index (Phi) is 3.50. The Hall–Kier alpha value is -2.53. The third-order valence-corrected chi connectivity index (χ3v) is 5.17. The fourth-order valence-corrected chi connectivity index (χ4v) is 3.78. The van der Waals surface area contributed by atoms with Gasteiger partial charge in [0.1, 0.15) is 0 Å². The summed E-state index contributed by atoms with van der Waals surface area (Å²) in [6, 6.07) is 16.5. The van der Waals surface area contributed by atoms with Gasteiger partial charge in [-0.2, -0.15) is 0 Å². The zero-order valence-corrected chi connectivity index (χ0v) is 12.3. The lowest BCUT2D eigenvalue weighted by atomic mass is 9.95. The van der Waals surface area contributed by atoms with Crippen LogP contribution >= 0.6 is 0 Å². The Morgan fingerprint density at radius 1 is 0.727 bits per heavy atom. The molecule has 0 saturated carbocycles. The lowest BCUT2D eigenvalue weighted by Gasteiger charge is -2.11. The first-order valence-corrected chi connectivity index (χ1v) is 8.31. The van der Waals surface area contributed by atoms with Gasteiger partial charge in [0, 0.05) is 11.1 Å². The van der Waals surface area contributed by atoms with Crippen LogP contribution in [0.2, 0.25) is 0 Å². The van der Waals surface area contributed by atoms with Gasteiger partial charge >= 0.3 is 0 Å². The molecule has 0 unspecified atom stereocenters. The lowest BCUT2D eigenvalue weighted by molar-refractivity contribution is 0.595. The van der Waals surface area contributed by atoms with Gasteiger partial charge in [0.15, 0.2) is 9.84 Å². The molecule has 3 aromatic carbocycles. The normalized spacial score (nSPS) is 11.6. The van der Waals surface area contributed by atoms with Crippen molar-refractivity contribution in [2.24, 2.45) is 0 Å². The summed E-state index contributed by atoms with van der Waals surface area (Å²) in [4.78, 5) is 23.7. The smallest absolute Gasteiger partial charge is 0.234 e. The van der Waals surface area contributed by atoms with Gasteiger partial charge in [-0.3, -0.25) is 9.59 Å². The molecule has 0 aliphatic carbocycles. The minimum absolute atomic E-state index is 0.0695. The SMILES string of the molecule is O=c1c(CS(=O)(=O)c2ccccc2)c(-c2ccccc2)c1=O. The van der Waals surface area contributed by atoms with Crippen LogP contribution < -0.4 is 10.9 Å². The molecule has 0 saturated heterocycles. The molecule has 0 N–H and O–H groups in total. The molecule has 0 aromatic heterocycles. The summed E-state index contributed by atoms with van der Waals surface area (Å²) >= 11 is 0. The fraction of sp³-hybridized carbons (Fsp3) is 0.0588. The Morgan fingerprint density at radius 2 is 1.27 bits per heavy atom. The molecule has 0 radical (unpaired) electrons. The zero-order chi connectivity index (χ0) is 15.7. The van der Waals surface area contributed by atoms with E-state index in [0.29, 0.717) is 5.56 Å². The molecule has 0 aliphatic rings. The van der Waals surface area contributed by atoms with Crippen molar-refractivity contribution >= 4 is 9.84 Å². The molecular weight excluding hydrogens is 300 g/mol. The minimum Gasteiger partial charge on any atom is -0.285 e. The molecule has 0 aliphatic heterocycles. The highest BCUT2D eigenvalue weighted by atomic mass is 32.2. The summed E-state index contributed by atoms with van der Waals surface area (Å²) < 4.78 is 24.7. The van der Waals surface area contributed by atoms with E-state index < -0.39 is 26.4 Å². The number of sulfone groups is 1. The van der Waals surface area contributed by atoms with E-state index in [1.54, 1.807) is 48.5 Å². The first kappa shape index (κ1) is 14.4. The summed E-state index contributed by atoms with van der Waals surface area (Å²) in [5.41, 5.74) is -0.474. The van der Waals surface area contributed by atoms with Gasteiger partial charge in [0.05, 0.1) is 10.6 Å². The maximum Gasteiger partial charge on any atom is 0.234 e. The van der Waals surface area contributed by atoms with E-state index in [4.69, 9.17) is 0 Å². The third kappa shape index (κ3) is 2.40. The third-order valence-electron chi connectivity index (χ3n) is 3.51. The summed E-state index contributed by atoms with van der Waals surface area (Å²) in [7, 11) is -3.65. The summed E-state index contributed by atoms with van der Waals surface area (Å²) in [6.07, 6.45) is 0. The predicted molar refractivity (Wildman–Crippen MR) is 84.1 cm³/mol. The van der Waals surface area contributed by atoms with Gasteiger partial charge in [0.2, 0.25) is 10.9 Å². The highest BCUT2D eigenvalue weighted by Gasteiger charge is 2.27. The van der Waals surface area contributed by atoms with E-state index in [2.05, 4.69) is 0 Å². The van der Waals surface area contributed by atoms with Gasteiger partial charge in [0.25, 0.3) is 0 Å². The summed E-state index contributed by atoms with van der Waals surface area (Å²) in [6.45, 7) is 0. The van der Waals surface area contributed by atoms with E-state index in [0.717, 1.165) is 0 Å². The summed E-state index contributed by atoms with van der Waals surface area (Å²) in [5.74, 6) is -0.453. The van der Waals surface area contributed by atoms with Crippen LogP contribution in [0.15, 0.2) is 75.1 Å². The molecule has 0 amide bonds. The minimum atomic E-state index is -3.65. The Balaban J connectivity index is 2.04. The highest BCUT2D eigenvalue weighted by molar-refractivity contribution is 7.90. The number of rotatable bonds is 4. The molecule has 3 rings (SSSR count). The van der Waals surface area contributed by atoms with E-state index >= 15 is 0 Å². The first-order valence-electron chi connectivity index (χ1n) is 6.66. The van der Waals surface area contributed by atoms with Crippen molar-refractivity contribution in [2.45, 2.75) is 10.6 Å². The van der Waals surface area contributed by atoms with Crippen molar-refractivity contribution in [1.82, 2.24) is 0 Å². The van der Waals surface area contributed by atoms with Crippen LogP contribution in [0.3, 0.4) is 0 Å². The molecule has 0 fully saturated rings. The van der Waals surface area contributed by atoms with Crippen molar-refractivity contribution in [1.29, 1.82) is 0 Å². The van der Waals surface area contributed by atoms with Crippen molar-refractivity contribution in [2.75, 3.05) is 0 Å². The van der Waals surface area contributed by atoms with Crippen LogP contribution in [0.5, 0.6) is 0 Å². The van der Waals surface area contributed by atoms with Crippen LogP contribution in [-0.2, 0) is 15.6 Å². The summed E-state index contributed by atoms with van der Waals surface area (Å²) in [5, 5.41) is 0.